The zero-order chi connectivity index (χ0) is 17.5. The Balaban J connectivity index is 1.88. The largest absolute Gasteiger partial charge is 0.497 e. The molecule has 0 saturated carbocycles. The highest BCUT2D eigenvalue weighted by atomic mass is 19.1. The molecule has 0 aromatic heterocycles. The number of hydrogen-bond acceptors (Lipinski definition) is 2. The number of rotatable bonds is 4. The first-order valence-corrected chi connectivity index (χ1v) is 7.97. The SMILES string of the molecule is COc1ccc(N[C@@H](C#Cc2ccccc2)c2ccc(F)cc2)cc1. The molecule has 3 heteroatoms. The van der Waals surface area contributed by atoms with Crippen LogP contribution in [0.2, 0.25) is 0 Å². The van der Waals surface area contributed by atoms with Crippen molar-refractivity contribution in [1.29, 1.82) is 0 Å². The number of methoxy groups -OCH3 is 1. The van der Waals surface area contributed by atoms with Crippen molar-refractivity contribution >= 4 is 5.69 Å². The summed E-state index contributed by atoms with van der Waals surface area (Å²) in [5, 5.41) is 3.38. The molecule has 0 bridgehead atoms. The van der Waals surface area contributed by atoms with Crippen LogP contribution in [-0.4, -0.2) is 7.11 Å². The Kier molecular flexibility index (Phi) is 5.33. The number of hydrogen-bond donors (Lipinski definition) is 1. The van der Waals surface area contributed by atoms with Gasteiger partial charge in [0, 0.05) is 11.3 Å². The fourth-order valence-electron chi connectivity index (χ4n) is 2.39. The number of ether oxygens (including phenoxy) is 1. The third-order valence-corrected chi connectivity index (χ3v) is 3.74. The average molecular weight is 331 g/mol. The first-order valence-electron chi connectivity index (χ1n) is 7.97. The fraction of sp³-hybridized carbons (Fsp3) is 0.0909. The van der Waals surface area contributed by atoms with E-state index in [1.54, 1.807) is 19.2 Å². The van der Waals surface area contributed by atoms with Gasteiger partial charge in [0.2, 0.25) is 0 Å². The van der Waals surface area contributed by atoms with Crippen molar-refractivity contribution in [1.82, 2.24) is 0 Å². The van der Waals surface area contributed by atoms with Gasteiger partial charge < -0.3 is 10.1 Å². The van der Waals surface area contributed by atoms with Gasteiger partial charge in [-0.15, -0.1) is 0 Å². The van der Waals surface area contributed by atoms with Crippen LogP contribution in [0.3, 0.4) is 0 Å². The quantitative estimate of drug-likeness (QED) is 0.676. The van der Waals surface area contributed by atoms with Gasteiger partial charge in [0.25, 0.3) is 0 Å². The third kappa shape index (κ3) is 4.62. The molecule has 3 aromatic rings. The van der Waals surface area contributed by atoms with Crippen LogP contribution in [0.15, 0.2) is 78.9 Å². The van der Waals surface area contributed by atoms with Crippen molar-refractivity contribution in [2.75, 3.05) is 12.4 Å². The van der Waals surface area contributed by atoms with Crippen molar-refractivity contribution in [2.45, 2.75) is 6.04 Å². The van der Waals surface area contributed by atoms with Gasteiger partial charge in [-0.3, -0.25) is 0 Å². The predicted octanol–water partition coefficient (Wildman–Crippen LogP) is 5.04. The lowest BCUT2D eigenvalue weighted by molar-refractivity contribution is 0.415. The van der Waals surface area contributed by atoms with Gasteiger partial charge in [-0.1, -0.05) is 42.2 Å². The Morgan fingerprint density at radius 3 is 2.20 bits per heavy atom. The van der Waals surface area contributed by atoms with Gasteiger partial charge in [-0.2, -0.15) is 0 Å². The Morgan fingerprint density at radius 1 is 0.880 bits per heavy atom. The summed E-state index contributed by atoms with van der Waals surface area (Å²) in [6.07, 6.45) is 0. The molecule has 2 nitrogen and oxygen atoms in total. The summed E-state index contributed by atoms with van der Waals surface area (Å²) in [5.74, 6) is 6.93. The molecule has 0 saturated heterocycles. The number of halogens is 1. The molecular weight excluding hydrogens is 313 g/mol. The predicted molar refractivity (Wildman–Crippen MR) is 99.1 cm³/mol. The molecule has 0 unspecified atom stereocenters. The second kappa shape index (κ2) is 8.03. The van der Waals surface area contributed by atoms with Crippen LogP contribution in [0, 0.1) is 17.7 Å². The molecule has 0 aliphatic rings. The summed E-state index contributed by atoms with van der Waals surface area (Å²) in [6, 6.07) is 23.5. The van der Waals surface area contributed by atoms with E-state index >= 15 is 0 Å². The van der Waals surface area contributed by atoms with E-state index in [0.717, 1.165) is 22.6 Å². The molecule has 0 heterocycles. The van der Waals surface area contributed by atoms with Gasteiger partial charge >= 0.3 is 0 Å². The van der Waals surface area contributed by atoms with E-state index < -0.39 is 0 Å². The molecule has 0 spiro atoms. The van der Waals surface area contributed by atoms with Crippen LogP contribution >= 0.6 is 0 Å². The maximum atomic E-state index is 13.2. The van der Waals surface area contributed by atoms with Gasteiger partial charge in [-0.05, 0) is 54.1 Å². The van der Waals surface area contributed by atoms with Crippen LogP contribution < -0.4 is 10.1 Å². The zero-order valence-corrected chi connectivity index (χ0v) is 13.9. The van der Waals surface area contributed by atoms with E-state index in [2.05, 4.69) is 17.2 Å². The molecule has 0 radical (unpaired) electrons. The highest BCUT2D eigenvalue weighted by Gasteiger charge is 2.09. The second-order valence-electron chi connectivity index (χ2n) is 5.49. The molecule has 3 aromatic carbocycles. The summed E-state index contributed by atoms with van der Waals surface area (Å²) >= 11 is 0. The molecule has 0 aliphatic heterocycles. The summed E-state index contributed by atoms with van der Waals surface area (Å²) in [6.45, 7) is 0. The van der Waals surface area contributed by atoms with Crippen LogP contribution in [0.25, 0.3) is 0 Å². The van der Waals surface area contributed by atoms with E-state index in [1.807, 2.05) is 54.6 Å². The van der Waals surface area contributed by atoms with Crippen molar-refractivity contribution in [3.05, 3.63) is 95.8 Å². The highest BCUT2D eigenvalue weighted by Crippen LogP contribution is 2.22. The zero-order valence-electron chi connectivity index (χ0n) is 13.9. The van der Waals surface area contributed by atoms with Crippen LogP contribution in [0.4, 0.5) is 10.1 Å². The fourth-order valence-corrected chi connectivity index (χ4v) is 2.39. The molecular formula is C22H18FNO. The summed E-state index contributed by atoms with van der Waals surface area (Å²) in [4.78, 5) is 0. The molecule has 3 rings (SSSR count). The second-order valence-corrected chi connectivity index (χ2v) is 5.49. The molecule has 25 heavy (non-hydrogen) atoms. The molecule has 1 N–H and O–H groups in total. The smallest absolute Gasteiger partial charge is 0.123 e. The first-order chi connectivity index (χ1) is 12.2. The lowest BCUT2D eigenvalue weighted by atomic mass is 10.1. The van der Waals surface area contributed by atoms with Gasteiger partial charge in [0.1, 0.15) is 17.6 Å². The molecule has 124 valence electrons. The number of anilines is 1. The van der Waals surface area contributed by atoms with E-state index in [0.29, 0.717) is 0 Å². The van der Waals surface area contributed by atoms with E-state index in [4.69, 9.17) is 4.74 Å². The first kappa shape index (κ1) is 16.6. The van der Waals surface area contributed by atoms with E-state index in [-0.39, 0.29) is 11.9 Å². The van der Waals surface area contributed by atoms with Crippen LogP contribution in [0.5, 0.6) is 5.75 Å². The Bertz CT molecular complexity index is 862. The maximum Gasteiger partial charge on any atom is 0.123 e. The highest BCUT2D eigenvalue weighted by molar-refractivity contribution is 5.51. The Morgan fingerprint density at radius 2 is 1.56 bits per heavy atom. The minimum atomic E-state index is -0.261. The van der Waals surface area contributed by atoms with E-state index in [9.17, 15) is 4.39 Å². The molecule has 0 amide bonds. The average Bonchev–Trinajstić information content (AvgIpc) is 2.67. The van der Waals surface area contributed by atoms with Crippen LogP contribution in [0.1, 0.15) is 17.2 Å². The number of nitrogens with one attached hydrogen (secondary N) is 1. The van der Waals surface area contributed by atoms with Gasteiger partial charge in [0.15, 0.2) is 0 Å². The molecule has 0 fully saturated rings. The van der Waals surface area contributed by atoms with E-state index in [1.165, 1.54) is 12.1 Å². The van der Waals surface area contributed by atoms with Crippen molar-refractivity contribution in [3.63, 3.8) is 0 Å². The van der Waals surface area contributed by atoms with Crippen molar-refractivity contribution in [3.8, 4) is 17.6 Å². The van der Waals surface area contributed by atoms with Crippen molar-refractivity contribution < 1.29 is 9.13 Å². The summed E-state index contributed by atoms with van der Waals surface area (Å²) < 4.78 is 18.4. The molecule has 0 aliphatic carbocycles. The van der Waals surface area contributed by atoms with Gasteiger partial charge in [0.05, 0.1) is 7.11 Å². The van der Waals surface area contributed by atoms with Crippen molar-refractivity contribution in [2.24, 2.45) is 0 Å². The third-order valence-electron chi connectivity index (χ3n) is 3.74. The lowest BCUT2D eigenvalue weighted by Gasteiger charge is -2.15. The Hall–Kier alpha value is -3.25. The minimum absolute atomic E-state index is 0.255. The normalized spacial score (nSPS) is 11.1. The van der Waals surface area contributed by atoms with Crippen LogP contribution in [-0.2, 0) is 0 Å². The summed E-state index contributed by atoms with van der Waals surface area (Å²) in [5.41, 5.74) is 2.75. The molecule has 1 atom stereocenters. The summed E-state index contributed by atoms with van der Waals surface area (Å²) in [7, 11) is 1.63. The van der Waals surface area contributed by atoms with Gasteiger partial charge in [-0.25, -0.2) is 4.39 Å². The maximum absolute atomic E-state index is 13.2. The number of benzene rings is 3. The lowest BCUT2D eigenvalue weighted by Crippen LogP contribution is -2.08. The standard InChI is InChI=1S/C22H18FNO/c1-25-21-14-12-20(13-15-21)24-22(18-8-10-19(23)11-9-18)16-7-17-5-3-2-4-6-17/h2-6,8-15,22,24H,1H3/t22-/m0/s1. The Labute approximate surface area is 147 Å². The minimum Gasteiger partial charge on any atom is -0.497 e. The monoisotopic (exact) mass is 331 g/mol. The topological polar surface area (TPSA) is 21.3 Å².